The first kappa shape index (κ1) is 21.5. The summed E-state index contributed by atoms with van der Waals surface area (Å²) in [7, 11) is 0. The molecule has 0 fully saturated rings. The second kappa shape index (κ2) is 9.39. The highest BCUT2D eigenvalue weighted by Gasteiger charge is 2.22. The third-order valence-electron chi connectivity index (χ3n) is 4.19. The van der Waals surface area contributed by atoms with Crippen LogP contribution in [0, 0.1) is 0 Å². The molecule has 0 spiro atoms. The first-order chi connectivity index (χ1) is 13.3. The van der Waals surface area contributed by atoms with Gasteiger partial charge in [0.2, 0.25) is 5.91 Å². The molecule has 152 valence electrons. The molecule has 2 aromatic rings. The quantitative estimate of drug-likeness (QED) is 0.765. The van der Waals surface area contributed by atoms with Gasteiger partial charge in [0.15, 0.2) is 0 Å². The normalized spacial score (nSPS) is 11.2. The molecule has 7 heteroatoms. The molecule has 0 aliphatic heterocycles. The molecule has 0 saturated carbocycles. The average Bonchev–Trinajstić information content (AvgIpc) is 3.06. The van der Waals surface area contributed by atoms with Gasteiger partial charge >= 0.3 is 6.03 Å². The zero-order valence-electron chi connectivity index (χ0n) is 17.5. The molecular formula is C21H31N5O2. The van der Waals surface area contributed by atoms with Crippen LogP contribution in [-0.4, -0.2) is 46.3 Å². The molecule has 1 aromatic carbocycles. The number of aromatic nitrogens is 2. The van der Waals surface area contributed by atoms with Crippen LogP contribution in [0.5, 0.6) is 0 Å². The van der Waals surface area contributed by atoms with Gasteiger partial charge in [0.1, 0.15) is 12.4 Å². The highest BCUT2D eigenvalue weighted by molar-refractivity contribution is 5.94. The van der Waals surface area contributed by atoms with E-state index in [1.54, 1.807) is 4.68 Å². The number of urea groups is 1. The van der Waals surface area contributed by atoms with Crippen molar-refractivity contribution in [1.29, 1.82) is 0 Å². The van der Waals surface area contributed by atoms with Crippen LogP contribution in [0.15, 0.2) is 36.4 Å². The standard InChI is InChI=1S/C21H31N5O2/c1-6-13-25(20(28)22-7-2)15-19(27)23-18-14-17(21(3,4)5)24-26(18)16-11-9-8-10-12-16/h8-12,14H,6-7,13,15H2,1-5H3,(H,22,28)(H,23,27). The Morgan fingerprint density at radius 1 is 1.14 bits per heavy atom. The highest BCUT2D eigenvalue weighted by Crippen LogP contribution is 2.26. The van der Waals surface area contributed by atoms with Crippen LogP contribution in [-0.2, 0) is 10.2 Å². The van der Waals surface area contributed by atoms with E-state index in [0.29, 0.717) is 18.9 Å². The molecule has 28 heavy (non-hydrogen) atoms. The van der Waals surface area contributed by atoms with Crippen molar-refractivity contribution in [2.75, 3.05) is 25.0 Å². The van der Waals surface area contributed by atoms with Crippen LogP contribution in [0.1, 0.15) is 46.7 Å². The van der Waals surface area contributed by atoms with E-state index < -0.39 is 0 Å². The molecule has 0 radical (unpaired) electrons. The smallest absolute Gasteiger partial charge is 0.317 e. The van der Waals surface area contributed by atoms with Crippen LogP contribution >= 0.6 is 0 Å². The minimum atomic E-state index is -0.253. The number of benzene rings is 1. The van der Waals surface area contributed by atoms with Gasteiger partial charge in [0.25, 0.3) is 0 Å². The number of rotatable bonds is 7. The number of nitrogens with zero attached hydrogens (tertiary/aromatic N) is 3. The molecule has 0 bridgehead atoms. The van der Waals surface area contributed by atoms with Crippen molar-refractivity contribution in [1.82, 2.24) is 20.0 Å². The SMILES string of the molecule is CCCN(CC(=O)Nc1cc(C(C)(C)C)nn1-c1ccccc1)C(=O)NCC. The van der Waals surface area contributed by atoms with Gasteiger partial charge < -0.3 is 15.5 Å². The number of hydrogen-bond acceptors (Lipinski definition) is 3. The van der Waals surface area contributed by atoms with E-state index in [0.717, 1.165) is 17.8 Å². The summed E-state index contributed by atoms with van der Waals surface area (Å²) in [5.74, 6) is 0.339. The Bertz CT molecular complexity index is 793. The molecule has 1 aromatic heterocycles. The van der Waals surface area contributed by atoms with E-state index in [1.807, 2.05) is 50.2 Å². The lowest BCUT2D eigenvalue weighted by Gasteiger charge is -2.21. The maximum absolute atomic E-state index is 12.7. The van der Waals surface area contributed by atoms with E-state index in [9.17, 15) is 9.59 Å². The molecule has 1 heterocycles. The molecule has 2 N–H and O–H groups in total. The third kappa shape index (κ3) is 5.58. The monoisotopic (exact) mass is 385 g/mol. The lowest BCUT2D eigenvalue weighted by molar-refractivity contribution is -0.116. The van der Waals surface area contributed by atoms with Crippen LogP contribution in [0.25, 0.3) is 5.69 Å². The second-order valence-electron chi connectivity index (χ2n) is 7.72. The molecule has 3 amide bonds. The van der Waals surface area contributed by atoms with Crippen LogP contribution in [0.3, 0.4) is 0 Å². The molecule has 0 atom stereocenters. The summed E-state index contributed by atoms with van der Waals surface area (Å²) >= 11 is 0. The van der Waals surface area contributed by atoms with Crippen molar-refractivity contribution in [2.24, 2.45) is 0 Å². The lowest BCUT2D eigenvalue weighted by atomic mass is 9.92. The summed E-state index contributed by atoms with van der Waals surface area (Å²) < 4.78 is 1.73. The van der Waals surface area contributed by atoms with Gasteiger partial charge in [-0.15, -0.1) is 0 Å². The summed E-state index contributed by atoms with van der Waals surface area (Å²) in [6.45, 7) is 11.1. The maximum Gasteiger partial charge on any atom is 0.317 e. The minimum absolute atomic E-state index is 0.00943. The first-order valence-corrected chi connectivity index (χ1v) is 9.74. The number of carbonyl (C=O) groups is 2. The van der Waals surface area contributed by atoms with Gasteiger partial charge in [-0.25, -0.2) is 9.48 Å². The fourth-order valence-corrected chi connectivity index (χ4v) is 2.74. The summed E-state index contributed by atoms with van der Waals surface area (Å²) in [6.07, 6.45) is 0.778. The number of nitrogens with one attached hydrogen (secondary N) is 2. The van der Waals surface area contributed by atoms with Crippen LogP contribution < -0.4 is 10.6 Å². The van der Waals surface area contributed by atoms with Crippen LogP contribution in [0.4, 0.5) is 10.6 Å². The van der Waals surface area contributed by atoms with Crippen molar-refractivity contribution in [3.8, 4) is 5.69 Å². The third-order valence-corrected chi connectivity index (χ3v) is 4.19. The second-order valence-corrected chi connectivity index (χ2v) is 7.72. The Balaban J connectivity index is 2.25. The Labute approximate surface area is 167 Å². The minimum Gasteiger partial charge on any atom is -0.338 e. The summed E-state index contributed by atoms with van der Waals surface area (Å²) in [4.78, 5) is 26.4. The summed E-state index contributed by atoms with van der Waals surface area (Å²) in [6, 6.07) is 11.3. The van der Waals surface area contributed by atoms with Gasteiger partial charge in [0, 0.05) is 24.6 Å². The topological polar surface area (TPSA) is 79.3 Å². The van der Waals surface area contributed by atoms with Crippen molar-refractivity contribution >= 4 is 17.8 Å². The predicted octanol–water partition coefficient (Wildman–Crippen LogP) is 3.55. The largest absolute Gasteiger partial charge is 0.338 e. The van der Waals surface area contributed by atoms with Gasteiger partial charge in [0.05, 0.1) is 11.4 Å². The number of para-hydroxylation sites is 1. The van der Waals surface area contributed by atoms with Crippen molar-refractivity contribution < 1.29 is 9.59 Å². The Morgan fingerprint density at radius 2 is 1.82 bits per heavy atom. The number of anilines is 1. The predicted molar refractivity (Wildman–Crippen MR) is 112 cm³/mol. The number of carbonyl (C=O) groups excluding carboxylic acids is 2. The highest BCUT2D eigenvalue weighted by atomic mass is 16.2. The Morgan fingerprint density at radius 3 is 2.39 bits per heavy atom. The Kier molecular flexibility index (Phi) is 7.20. The van der Waals surface area contributed by atoms with Gasteiger partial charge in [-0.1, -0.05) is 45.9 Å². The summed E-state index contributed by atoms with van der Waals surface area (Å²) in [5.41, 5.74) is 1.58. The van der Waals surface area contributed by atoms with E-state index in [4.69, 9.17) is 5.10 Å². The summed E-state index contributed by atoms with van der Waals surface area (Å²) in [5, 5.41) is 10.4. The zero-order valence-corrected chi connectivity index (χ0v) is 17.5. The first-order valence-electron chi connectivity index (χ1n) is 9.74. The van der Waals surface area contributed by atoms with Gasteiger partial charge in [-0.2, -0.15) is 5.10 Å². The fourth-order valence-electron chi connectivity index (χ4n) is 2.74. The van der Waals surface area contributed by atoms with Crippen molar-refractivity contribution in [2.45, 2.75) is 46.5 Å². The van der Waals surface area contributed by atoms with E-state index in [1.165, 1.54) is 4.90 Å². The van der Waals surface area contributed by atoms with Gasteiger partial charge in [-0.05, 0) is 25.5 Å². The lowest BCUT2D eigenvalue weighted by Crippen LogP contribution is -2.44. The zero-order chi connectivity index (χ0) is 20.7. The van der Waals surface area contributed by atoms with Crippen molar-refractivity contribution in [3.63, 3.8) is 0 Å². The Hall–Kier alpha value is -2.83. The number of hydrogen-bond donors (Lipinski definition) is 2. The fraction of sp³-hybridized carbons (Fsp3) is 0.476. The molecule has 0 aliphatic rings. The van der Waals surface area contributed by atoms with Gasteiger partial charge in [-0.3, -0.25) is 4.79 Å². The van der Waals surface area contributed by atoms with E-state index >= 15 is 0 Å². The molecular weight excluding hydrogens is 354 g/mol. The average molecular weight is 386 g/mol. The molecule has 7 nitrogen and oxygen atoms in total. The molecule has 0 saturated heterocycles. The van der Waals surface area contributed by atoms with Crippen LogP contribution in [0.2, 0.25) is 0 Å². The molecule has 0 aliphatic carbocycles. The molecule has 2 rings (SSSR count). The number of amides is 3. The van der Waals surface area contributed by atoms with Crippen molar-refractivity contribution in [3.05, 3.63) is 42.1 Å². The van der Waals surface area contributed by atoms with E-state index in [2.05, 4.69) is 31.4 Å². The maximum atomic E-state index is 12.7. The molecule has 0 unspecified atom stereocenters. The van der Waals surface area contributed by atoms with E-state index in [-0.39, 0.29) is 23.9 Å².